The topological polar surface area (TPSA) is 78.8 Å². The average molecular weight is 316 g/mol. The van der Waals surface area contributed by atoms with Crippen LogP contribution < -0.4 is 10.1 Å². The van der Waals surface area contributed by atoms with Gasteiger partial charge in [0.2, 0.25) is 0 Å². The van der Waals surface area contributed by atoms with Crippen LogP contribution in [0.3, 0.4) is 0 Å². The molecule has 0 fully saturated rings. The molecular weight excluding hydrogens is 294 g/mol. The number of carbonyl (C=O) groups excluding carboxylic acids is 1. The number of amides is 1. The molecule has 1 atom stereocenters. The van der Waals surface area contributed by atoms with Crippen LogP contribution in [0.1, 0.15) is 25.8 Å². The third-order valence-electron chi connectivity index (χ3n) is 3.48. The number of aryl methyl sites for hydroxylation is 1. The van der Waals surface area contributed by atoms with Crippen molar-refractivity contribution in [3.05, 3.63) is 28.8 Å². The van der Waals surface area contributed by atoms with Gasteiger partial charge in [0.15, 0.2) is 6.10 Å². The Kier molecular flexibility index (Phi) is 6.45. The van der Waals surface area contributed by atoms with Crippen LogP contribution in [0.15, 0.2) is 18.2 Å². The van der Waals surface area contributed by atoms with Crippen molar-refractivity contribution in [2.75, 3.05) is 13.2 Å². The molecule has 0 radical (unpaired) electrons. The summed E-state index contributed by atoms with van der Waals surface area (Å²) in [7, 11) is 0. The zero-order valence-electron chi connectivity index (χ0n) is 12.5. The quantitative estimate of drug-likeness (QED) is 0.715. The molecule has 0 bridgehead atoms. The Bertz CT molecular complexity index is 480. The molecule has 0 heterocycles. The van der Waals surface area contributed by atoms with Crippen LogP contribution in [0.25, 0.3) is 0 Å². The third-order valence-corrected chi connectivity index (χ3v) is 3.72. The van der Waals surface area contributed by atoms with Gasteiger partial charge in [-0.05, 0) is 44.0 Å². The Hall–Kier alpha value is -1.30. The first kappa shape index (κ1) is 17.8. The van der Waals surface area contributed by atoms with Crippen LogP contribution in [0.5, 0.6) is 5.75 Å². The molecule has 0 saturated carbocycles. The molecule has 3 N–H and O–H groups in total. The summed E-state index contributed by atoms with van der Waals surface area (Å²) in [6.07, 6.45) is -0.341. The molecule has 1 amide bonds. The van der Waals surface area contributed by atoms with Gasteiger partial charge in [0.05, 0.1) is 18.8 Å². The fourth-order valence-corrected chi connectivity index (χ4v) is 2.02. The Morgan fingerprint density at radius 1 is 1.43 bits per heavy atom. The molecule has 1 aromatic rings. The molecule has 0 aliphatic carbocycles. The molecule has 1 unspecified atom stereocenters. The molecule has 0 spiro atoms. The Balaban J connectivity index is 2.74. The monoisotopic (exact) mass is 315 g/mol. The van der Waals surface area contributed by atoms with Crippen LogP contribution in [-0.4, -0.2) is 41.0 Å². The van der Waals surface area contributed by atoms with Crippen molar-refractivity contribution in [1.29, 1.82) is 0 Å². The highest BCUT2D eigenvalue weighted by molar-refractivity contribution is 6.30. The smallest absolute Gasteiger partial charge is 0.261 e. The number of nitrogens with one attached hydrogen (secondary N) is 1. The molecule has 118 valence electrons. The van der Waals surface area contributed by atoms with Crippen molar-refractivity contribution in [3.8, 4) is 5.75 Å². The Labute approximate surface area is 129 Å². The Morgan fingerprint density at radius 3 is 2.52 bits per heavy atom. The van der Waals surface area contributed by atoms with Gasteiger partial charge in [-0.15, -0.1) is 0 Å². The van der Waals surface area contributed by atoms with Gasteiger partial charge in [-0.2, -0.15) is 0 Å². The minimum Gasteiger partial charge on any atom is -0.481 e. The maximum absolute atomic E-state index is 12.1. The van der Waals surface area contributed by atoms with Crippen molar-refractivity contribution in [1.82, 2.24) is 5.32 Å². The van der Waals surface area contributed by atoms with Gasteiger partial charge in [-0.3, -0.25) is 4.79 Å². The van der Waals surface area contributed by atoms with E-state index in [-0.39, 0.29) is 13.2 Å². The van der Waals surface area contributed by atoms with E-state index < -0.39 is 17.6 Å². The number of aliphatic hydroxyl groups is 2. The average Bonchev–Trinajstić information content (AvgIpc) is 2.47. The van der Waals surface area contributed by atoms with E-state index >= 15 is 0 Å². The maximum Gasteiger partial charge on any atom is 0.261 e. The molecule has 21 heavy (non-hydrogen) atoms. The van der Waals surface area contributed by atoms with Crippen molar-refractivity contribution < 1.29 is 19.7 Å². The first-order valence-corrected chi connectivity index (χ1v) is 7.22. The second-order valence-corrected chi connectivity index (χ2v) is 5.55. The van der Waals surface area contributed by atoms with E-state index in [1.807, 2.05) is 6.92 Å². The minimum absolute atomic E-state index is 0.335. The number of hydrogen-bond acceptors (Lipinski definition) is 4. The standard InChI is InChI=1S/C15H22ClNO4/c1-4-15(8-18,9-19)17-14(20)11(3)21-13-6-5-12(16)7-10(13)2/h5-7,11,18-19H,4,8-9H2,1-3H3,(H,17,20). The number of ether oxygens (including phenoxy) is 1. The van der Waals surface area contributed by atoms with Crippen molar-refractivity contribution in [2.45, 2.75) is 38.8 Å². The summed E-state index contributed by atoms with van der Waals surface area (Å²) >= 11 is 5.87. The lowest BCUT2D eigenvalue weighted by molar-refractivity contribution is -0.130. The number of carbonyl (C=O) groups is 1. The van der Waals surface area contributed by atoms with Gasteiger partial charge in [0.1, 0.15) is 5.75 Å². The van der Waals surface area contributed by atoms with E-state index in [1.165, 1.54) is 0 Å². The zero-order chi connectivity index (χ0) is 16.0. The van der Waals surface area contributed by atoms with Gasteiger partial charge in [0.25, 0.3) is 5.91 Å². The van der Waals surface area contributed by atoms with Crippen LogP contribution >= 0.6 is 11.6 Å². The fraction of sp³-hybridized carbons (Fsp3) is 0.533. The largest absolute Gasteiger partial charge is 0.481 e. The molecule has 0 aliphatic rings. The third kappa shape index (κ3) is 4.59. The molecule has 0 saturated heterocycles. The van der Waals surface area contributed by atoms with Crippen LogP contribution in [-0.2, 0) is 4.79 Å². The number of hydrogen-bond donors (Lipinski definition) is 3. The van der Waals surface area contributed by atoms with E-state index in [9.17, 15) is 15.0 Å². The lowest BCUT2D eigenvalue weighted by Gasteiger charge is -2.31. The summed E-state index contributed by atoms with van der Waals surface area (Å²) in [6.45, 7) is 4.56. The summed E-state index contributed by atoms with van der Waals surface area (Å²) in [5.41, 5.74) is -0.197. The van der Waals surface area contributed by atoms with E-state index in [0.29, 0.717) is 17.2 Å². The second kappa shape index (κ2) is 7.64. The number of halogens is 1. The van der Waals surface area contributed by atoms with Crippen LogP contribution in [0, 0.1) is 6.92 Å². The first-order valence-electron chi connectivity index (χ1n) is 6.84. The summed E-state index contributed by atoms with van der Waals surface area (Å²) < 4.78 is 5.61. The van der Waals surface area contributed by atoms with Crippen molar-refractivity contribution >= 4 is 17.5 Å². The molecule has 0 aliphatic heterocycles. The predicted molar refractivity (Wildman–Crippen MR) is 81.6 cm³/mol. The molecule has 1 rings (SSSR count). The highest BCUT2D eigenvalue weighted by atomic mass is 35.5. The number of rotatable bonds is 7. The van der Waals surface area contributed by atoms with Gasteiger partial charge in [0, 0.05) is 5.02 Å². The van der Waals surface area contributed by atoms with E-state index in [4.69, 9.17) is 16.3 Å². The fourth-order valence-electron chi connectivity index (χ4n) is 1.79. The lowest BCUT2D eigenvalue weighted by Crippen LogP contribution is -2.56. The van der Waals surface area contributed by atoms with Gasteiger partial charge >= 0.3 is 0 Å². The van der Waals surface area contributed by atoms with E-state index in [2.05, 4.69) is 5.32 Å². The van der Waals surface area contributed by atoms with Crippen LogP contribution in [0.2, 0.25) is 5.02 Å². The van der Waals surface area contributed by atoms with E-state index in [0.717, 1.165) is 5.56 Å². The first-order chi connectivity index (χ1) is 9.87. The highest BCUT2D eigenvalue weighted by Crippen LogP contribution is 2.23. The lowest BCUT2D eigenvalue weighted by atomic mass is 9.98. The predicted octanol–water partition coefficient (Wildman–Crippen LogP) is 1.67. The second-order valence-electron chi connectivity index (χ2n) is 5.11. The zero-order valence-corrected chi connectivity index (χ0v) is 13.3. The number of benzene rings is 1. The molecular formula is C15H22ClNO4. The maximum atomic E-state index is 12.1. The molecule has 5 nitrogen and oxygen atoms in total. The normalized spacial score (nSPS) is 12.9. The highest BCUT2D eigenvalue weighted by Gasteiger charge is 2.31. The van der Waals surface area contributed by atoms with Gasteiger partial charge < -0.3 is 20.3 Å². The van der Waals surface area contributed by atoms with Crippen molar-refractivity contribution in [2.24, 2.45) is 0 Å². The van der Waals surface area contributed by atoms with Gasteiger partial charge in [-0.1, -0.05) is 18.5 Å². The molecule has 0 aromatic heterocycles. The summed E-state index contributed by atoms with van der Waals surface area (Å²) in [4.78, 5) is 12.1. The minimum atomic E-state index is -1.02. The Morgan fingerprint density at radius 2 is 2.05 bits per heavy atom. The SMILES string of the molecule is CCC(CO)(CO)NC(=O)C(C)Oc1ccc(Cl)cc1C. The van der Waals surface area contributed by atoms with Crippen molar-refractivity contribution in [3.63, 3.8) is 0 Å². The van der Waals surface area contributed by atoms with Crippen LogP contribution in [0.4, 0.5) is 0 Å². The summed E-state index contributed by atoms with van der Waals surface area (Å²) in [6, 6.07) is 5.14. The summed E-state index contributed by atoms with van der Waals surface area (Å²) in [5.74, 6) is 0.173. The summed E-state index contributed by atoms with van der Waals surface area (Å²) in [5, 5.41) is 21.9. The van der Waals surface area contributed by atoms with E-state index in [1.54, 1.807) is 32.0 Å². The van der Waals surface area contributed by atoms with Gasteiger partial charge in [-0.25, -0.2) is 0 Å². The molecule has 6 heteroatoms. The molecule has 1 aromatic carbocycles. The number of aliphatic hydroxyl groups excluding tert-OH is 2.